The van der Waals surface area contributed by atoms with Crippen molar-refractivity contribution in [1.82, 2.24) is 4.90 Å². The molecule has 1 heterocycles. The van der Waals surface area contributed by atoms with Crippen LogP contribution in [0, 0.1) is 25.7 Å². The van der Waals surface area contributed by atoms with Gasteiger partial charge in [0.2, 0.25) is 11.8 Å². The normalized spacial score (nSPS) is 22.8. The van der Waals surface area contributed by atoms with Gasteiger partial charge in [-0.2, -0.15) is 0 Å². The van der Waals surface area contributed by atoms with Crippen LogP contribution in [-0.2, 0) is 23.9 Å². The highest BCUT2D eigenvalue weighted by molar-refractivity contribution is 6.09. The Morgan fingerprint density at radius 3 is 1.84 bits per heavy atom. The molecule has 0 aromatic heterocycles. The molecule has 2 atom stereocenters. The van der Waals surface area contributed by atoms with Gasteiger partial charge in [-0.15, -0.1) is 0 Å². The SMILES string of the molecule is Cc1ccc(C)c(NC(=O)COC(=O)CN2C(=O)[C@H]3C4c5ccccc5C(c5ccccc54)[C@@H]3C2=O)c1. The number of ether oxygens (including phenoxy) is 1. The van der Waals surface area contributed by atoms with Crippen LogP contribution in [0.3, 0.4) is 0 Å². The molecule has 1 saturated heterocycles. The van der Waals surface area contributed by atoms with Crippen LogP contribution in [0.4, 0.5) is 5.69 Å². The fourth-order valence-electron chi connectivity index (χ4n) is 6.27. The molecule has 3 amide bonds. The maximum absolute atomic E-state index is 13.6. The van der Waals surface area contributed by atoms with Gasteiger partial charge in [0.1, 0.15) is 6.54 Å². The average molecular weight is 495 g/mol. The van der Waals surface area contributed by atoms with Crippen LogP contribution in [0.15, 0.2) is 66.7 Å². The number of likely N-dealkylation sites (tertiary alicyclic amines) is 1. The first kappa shape index (κ1) is 23.2. The van der Waals surface area contributed by atoms with E-state index in [1.54, 1.807) is 0 Å². The fourth-order valence-corrected chi connectivity index (χ4v) is 6.27. The van der Waals surface area contributed by atoms with Gasteiger partial charge in [0.25, 0.3) is 5.91 Å². The van der Waals surface area contributed by atoms with Crippen LogP contribution in [0.25, 0.3) is 0 Å². The summed E-state index contributed by atoms with van der Waals surface area (Å²) in [6.45, 7) is 2.78. The lowest BCUT2D eigenvalue weighted by molar-refractivity contribution is -0.154. The molecule has 4 aliphatic rings. The minimum absolute atomic E-state index is 0.233. The lowest BCUT2D eigenvalue weighted by Crippen LogP contribution is -2.41. The third-order valence-corrected chi connectivity index (χ3v) is 7.86. The van der Waals surface area contributed by atoms with Crippen molar-refractivity contribution >= 4 is 29.4 Å². The highest BCUT2D eigenvalue weighted by atomic mass is 16.5. The second-order valence-corrected chi connectivity index (χ2v) is 10.1. The number of anilines is 1. The Labute approximate surface area is 214 Å². The molecule has 1 fully saturated rings. The van der Waals surface area contributed by atoms with Gasteiger partial charge in [-0.25, -0.2) is 0 Å². The molecule has 0 unspecified atom stereocenters. The number of benzene rings is 3. The number of nitrogens with zero attached hydrogens (tertiary/aromatic N) is 1. The van der Waals surface area contributed by atoms with E-state index in [0.29, 0.717) is 5.69 Å². The summed E-state index contributed by atoms with van der Waals surface area (Å²) in [4.78, 5) is 53.2. The first-order chi connectivity index (χ1) is 17.8. The van der Waals surface area contributed by atoms with E-state index in [1.807, 2.05) is 80.6 Å². The molecule has 3 aromatic rings. The predicted octanol–water partition coefficient (Wildman–Crippen LogP) is 3.68. The summed E-state index contributed by atoms with van der Waals surface area (Å²) >= 11 is 0. The van der Waals surface area contributed by atoms with Gasteiger partial charge < -0.3 is 10.1 Å². The molecule has 37 heavy (non-hydrogen) atoms. The van der Waals surface area contributed by atoms with Gasteiger partial charge >= 0.3 is 5.97 Å². The van der Waals surface area contributed by atoms with Gasteiger partial charge in [0.15, 0.2) is 6.61 Å². The second-order valence-electron chi connectivity index (χ2n) is 10.1. The highest BCUT2D eigenvalue weighted by Crippen LogP contribution is 2.60. The van der Waals surface area contributed by atoms with Crippen molar-refractivity contribution in [3.8, 4) is 0 Å². The van der Waals surface area contributed by atoms with E-state index in [1.165, 1.54) is 0 Å². The van der Waals surface area contributed by atoms with Crippen molar-refractivity contribution in [3.63, 3.8) is 0 Å². The number of nitrogens with one attached hydrogen (secondary N) is 1. The van der Waals surface area contributed by atoms with Crippen LogP contribution >= 0.6 is 0 Å². The Hall–Kier alpha value is -4.26. The third-order valence-electron chi connectivity index (χ3n) is 7.86. The second kappa shape index (κ2) is 8.69. The number of carbonyl (C=O) groups excluding carboxylic acids is 4. The number of carbonyl (C=O) groups is 4. The Bertz CT molecular complexity index is 1360. The Morgan fingerprint density at radius 1 is 0.811 bits per heavy atom. The van der Waals surface area contributed by atoms with Crippen molar-refractivity contribution in [3.05, 3.63) is 100 Å². The molecular formula is C30H26N2O5. The molecule has 0 saturated carbocycles. The summed E-state index contributed by atoms with van der Waals surface area (Å²) < 4.78 is 5.15. The van der Waals surface area contributed by atoms with Gasteiger partial charge in [-0.1, -0.05) is 60.7 Å². The van der Waals surface area contributed by atoms with Gasteiger partial charge in [-0.05, 0) is 53.3 Å². The minimum Gasteiger partial charge on any atom is -0.454 e. The van der Waals surface area contributed by atoms with E-state index in [-0.39, 0.29) is 23.7 Å². The lowest BCUT2D eigenvalue weighted by atomic mass is 9.55. The van der Waals surface area contributed by atoms with E-state index in [0.717, 1.165) is 38.3 Å². The van der Waals surface area contributed by atoms with Gasteiger partial charge in [-0.3, -0.25) is 24.1 Å². The predicted molar refractivity (Wildman–Crippen MR) is 136 cm³/mol. The van der Waals surface area contributed by atoms with Crippen molar-refractivity contribution in [2.75, 3.05) is 18.5 Å². The summed E-state index contributed by atoms with van der Waals surface area (Å²) in [5.74, 6) is -3.56. The molecule has 2 bridgehead atoms. The number of hydrogen-bond acceptors (Lipinski definition) is 5. The molecule has 1 N–H and O–H groups in total. The van der Waals surface area contributed by atoms with Crippen molar-refractivity contribution in [2.24, 2.45) is 11.8 Å². The lowest BCUT2D eigenvalue weighted by Gasteiger charge is -2.45. The number of hydrogen-bond donors (Lipinski definition) is 1. The number of imide groups is 1. The summed E-state index contributed by atoms with van der Waals surface area (Å²) in [6, 6.07) is 21.6. The Morgan fingerprint density at radius 2 is 1.32 bits per heavy atom. The van der Waals surface area contributed by atoms with Crippen LogP contribution in [0.1, 0.15) is 45.2 Å². The smallest absolute Gasteiger partial charge is 0.326 e. The topological polar surface area (TPSA) is 92.8 Å². The number of rotatable bonds is 5. The maximum Gasteiger partial charge on any atom is 0.326 e. The zero-order chi connectivity index (χ0) is 25.8. The number of amides is 3. The summed E-state index contributed by atoms with van der Waals surface area (Å²) in [5.41, 5.74) is 6.80. The molecule has 7 nitrogen and oxygen atoms in total. The van der Waals surface area contributed by atoms with Crippen molar-refractivity contribution in [2.45, 2.75) is 25.7 Å². The Balaban J connectivity index is 1.18. The molecule has 3 aliphatic carbocycles. The van der Waals surface area contributed by atoms with Crippen molar-refractivity contribution < 1.29 is 23.9 Å². The number of aryl methyl sites for hydroxylation is 2. The molecule has 3 aromatic carbocycles. The van der Waals surface area contributed by atoms with E-state index < -0.39 is 36.9 Å². The van der Waals surface area contributed by atoms with E-state index in [2.05, 4.69) is 5.32 Å². The zero-order valence-electron chi connectivity index (χ0n) is 20.6. The standard InChI is InChI=1S/C30H26N2O5/c1-16-11-12-17(2)22(13-16)31-23(33)15-37-24(34)14-32-29(35)27-25-18-7-3-4-8-19(18)26(28(27)30(32)36)21-10-6-5-9-20(21)25/h3-13,25-28H,14-15H2,1-2H3,(H,31,33)/t25?,26?,27-,28-/m0/s1. The highest BCUT2D eigenvalue weighted by Gasteiger charge is 2.61. The van der Waals surface area contributed by atoms with Gasteiger partial charge in [0, 0.05) is 17.5 Å². The summed E-state index contributed by atoms with van der Waals surface area (Å²) in [6.07, 6.45) is 0. The molecule has 0 radical (unpaired) electrons. The van der Waals surface area contributed by atoms with Gasteiger partial charge in [0.05, 0.1) is 11.8 Å². The van der Waals surface area contributed by atoms with E-state index in [9.17, 15) is 19.2 Å². The largest absolute Gasteiger partial charge is 0.454 e. The minimum atomic E-state index is -0.793. The number of esters is 1. The monoisotopic (exact) mass is 494 g/mol. The first-order valence-corrected chi connectivity index (χ1v) is 12.4. The third kappa shape index (κ3) is 3.65. The van der Waals surface area contributed by atoms with Crippen LogP contribution in [0.5, 0.6) is 0 Å². The molecule has 1 aliphatic heterocycles. The van der Waals surface area contributed by atoms with Crippen molar-refractivity contribution in [1.29, 1.82) is 0 Å². The van der Waals surface area contributed by atoms with Crippen LogP contribution in [-0.4, -0.2) is 41.7 Å². The van der Waals surface area contributed by atoms with E-state index >= 15 is 0 Å². The zero-order valence-corrected chi connectivity index (χ0v) is 20.6. The first-order valence-electron chi connectivity index (χ1n) is 12.4. The van der Waals surface area contributed by atoms with Crippen LogP contribution in [0.2, 0.25) is 0 Å². The molecular weight excluding hydrogens is 468 g/mol. The molecule has 7 rings (SSSR count). The molecule has 186 valence electrons. The fraction of sp³-hybridized carbons (Fsp3) is 0.267. The summed E-state index contributed by atoms with van der Waals surface area (Å²) in [7, 11) is 0. The maximum atomic E-state index is 13.6. The summed E-state index contributed by atoms with van der Waals surface area (Å²) in [5, 5.41) is 2.73. The molecule has 0 spiro atoms. The molecule has 7 heteroatoms. The quantitative estimate of drug-likeness (QED) is 0.432. The Kier molecular flexibility index (Phi) is 5.44. The average Bonchev–Trinajstić information content (AvgIpc) is 3.15. The van der Waals surface area contributed by atoms with E-state index in [4.69, 9.17) is 4.74 Å². The van der Waals surface area contributed by atoms with Crippen LogP contribution < -0.4 is 5.32 Å².